The van der Waals surface area contributed by atoms with Gasteiger partial charge in [-0.3, -0.25) is 4.79 Å². The van der Waals surface area contributed by atoms with Crippen LogP contribution < -0.4 is 5.32 Å². The van der Waals surface area contributed by atoms with Gasteiger partial charge in [-0.1, -0.05) is 12.1 Å². The van der Waals surface area contributed by atoms with Crippen LogP contribution in [0, 0.1) is 0 Å². The molecule has 0 aliphatic carbocycles. The van der Waals surface area contributed by atoms with Crippen LogP contribution in [0.2, 0.25) is 0 Å². The molecule has 160 valence electrons. The van der Waals surface area contributed by atoms with Crippen molar-refractivity contribution in [1.82, 2.24) is 5.32 Å². The average Bonchev–Trinajstić information content (AvgIpc) is 2.68. The van der Waals surface area contributed by atoms with Gasteiger partial charge in [0.1, 0.15) is 18.3 Å². The number of benzene rings is 1. The lowest BCUT2D eigenvalue weighted by atomic mass is 9.92. The van der Waals surface area contributed by atoms with Crippen molar-refractivity contribution >= 4 is 17.8 Å². The quantitative estimate of drug-likeness (QED) is 0.298. The molecule has 10 nitrogen and oxygen atoms in total. The molecule has 0 spiro atoms. The Bertz CT molecular complexity index is 722. The lowest BCUT2D eigenvalue weighted by molar-refractivity contribution is -0.218. The van der Waals surface area contributed by atoms with E-state index in [9.17, 15) is 29.7 Å². The number of amides is 1. The number of aliphatic carboxylic acids is 2. The highest BCUT2D eigenvalue weighted by molar-refractivity contribution is 6.04. The third-order valence-corrected chi connectivity index (χ3v) is 4.89. The first-order chi connectivity index (χ1) is 13.6. The van der Waals surface area contributed by atoms with Crippen LogP contribution in [0.25, 0.3) is 0 Å². The highest BCUT2D eigenvalue weighted by Crippen LogP contribution is 2.24. The van der Waals surface area contributed by atoms with E-state index in [-0.39, 0.29) is 5.56 Å². The van der Waals surface area contributed by atoms with Crippen LogP contribution in [0.4, 0.5) is 0 Å². The number of rotatable bonds is 8. The molecule has 1 heterocycles. The van der Waals surface area contributed by atoms with E-state index in [4.69, 9.17) is 14.9 Å². The molecule has 1 fully saturated rings. The summed E-state index contributed by atoms with van der Waals surface area (Å²) in [6.45, 7) is 1.62. The van der Waals surface area contributed by atoms with Crippen molar-refractivity contribution in [2.45, 2.75) is 62.7 Å². The lowest BCUT2D eigenvalue weighted by Gasteiger charge is -2.39. The van der Waals surface area contributed by atoms with Gasteiger partial charge in [-0.25, -0.2) is 9.59 Å². The fourth-order valence-electron chi connectivity index (χ4n) is 3.15. The van der Waals surface area contributed by atoms with E-state index in [0.29, 0.717) is 19.3 Å². The van der Waals surface area contributed by atoms with E-state index in [1.807, 2.05) is 5.32 Å². The van der Waals surface area contributed by atoms with E-state index in [2.05, 4.69) is 0 Å². The van der Waals surface area contributed by atoms with Crippen molar-refractivity contribution in [2.24, 2.45) is 0 Å². The zero-order valence-electron chi connectivity index (χ0n) is 15.8. The minimum Gasteiger partial charge on any atom is -0.479 e. The molecule has 1 aromatic rings. The Hall–Kier alpha value is -2.53. The van der Waals surface area contributed by atoms with Crippen molar-refractivity contribution in [1.29, 1.82) is 0 Å². The zero-order valence-corrected chi connectivity index (χ0v) is 15.8. The molecule has 10 heteroatoms. The number of aryl methyl sites for hydroxylation is 1. The maximum absolute atomic E-state index is 12.0. The molecule has 1 amide bonds. The smallest absolute Gasteiger partial charge is 0.338 e. The Balaban J connectivity index is 1.87. The normalized spacial score (nSPS) is 26.9. The summed E-state index contributed by atoms with van der Waals surface area (Å²) in [4.78, 5) is 33.7. The zero-order chi connectivity index (χ0) is 21.7. The molecule has 0 bridgehead atoms. The van der Waals surface area contributed by atoms with Gasteiger partial charge in [-0.2, -0.15) is 0 Å². The number of nitrogens with one attached hydrogen (secondary N) is 1. The Labute approximate surface area is 166 Å². The predicted octanol–water partition coefficient (Wildman–Crippen LogP) is -0.853. The van der Waals surface area contributed by atoms with Gasteiger partial charge in [-0.15, -0.1) is 0 Å². The molecule has 5 atom stereocenters. The van der Waals surface area contributed by atoms with Crippen LogP contribution in [0.3, 0.4) is 0 Å². The van der Waals surface area contributed by atoms with E-state index < -0.39 is 54.4 Å². The molecular formula is C19H25NO9. The van der Waals surface area contributed by atoms with Crippen LogP contribution in [0.1, 0.15) is 35.7 Å². The van der Waals surface area contributed by atoms with E-state index in [1.54, 1.807) is 19.1 Å². The topological polar surface area (TPSA) is 174 Å². The largest absolute Gasteiger partial charge is 0.479 e. The molecule has 1 aliphatic rings. The Morgan fingerprint density at radius 3 is 2.14 bits per heavy atom. The SMILES string of the molecule is CC1OC(CCCc2ccc(C(=O)NC(C(=O)O)C(=O)O)cc2)C(O)C(O)C1O. The van der Waals surface area contributed by atoms with Gasteiger partial charge in [0.2, 0.25) is 6.04 Å². The molecular weight excluding hydrogens is 386 g/mol. The first kappa shape index (κ1) is 22.8. The number of carboxylic acids is 2. The van der Waals surface area contributed by atoms with Crippen molar-refractivity contribution in [3.63, 3.8) is 0 Å². The summed E-state index contributed by atoms with van der Waals surface area (Å²) in [5.41, 5.74) is 0.992. The first-order valence-electron chi connectivity index (χ1n) is 9.17. The summed E-state index contributed by atoms with van der Waals surface area (Å²) >= 11 is 0. The molecule has 2 rings (SSSR count). The molecule has 0 aromatic heterocycles. The van der Waals surface area contributed by atoms with E-state index >= 15 is 0 Å². The van der Waals surface area contributed by atoms with Crippen molar-refractivity contribution in [3.05, 3.63) is 35.4 Å². The number of ether oxygens (including phenoxy) is 1. The molecule has 5 unspecified atom stereocenters. The van der Waals surface area contributed by atoms with Gasteiger partial charge in [0, 0.05) is 5.56 Å². The molecule has 1 aromatic carbocycles. The Morgan fingerprint density at radius 2 is 1.59 bits per heavy atom. The number of carbonyl (C=O) groups excluding carboxylic acids is 1. The van der Waals surface area contributed by atoms with Gasteiger partial charge in [0.15, 0.2) is 0 Å². The summed E-state index contributed by atoms with van der Waals surface area (Å²) in [6.07, 6.45) is -3.10. The summed E-state index contributed by atoms with van der Waals surface area (Å²) < 4.78 is 5.54. The number of aliphatic hydroxyl groups is 3. The molecule has 6 N–H and O–H groups in total. The summed E-state index contributed by atoms with van der Waals surface area (Å²) in [5, 5.41) is 49.1. The molecule has 1 aliphatic heterocycles. The van der Waals surface area contributed by atoms with Crippen LogP contribution in [0.15, 0.2) is 24.3 Å². The molecule has 0 saturated carbocycles. The fraction of sp³-hybridized carbons (Fsp3) is 0.526. The van der Waals surface area contributed by atoms with Gasteiger partial charge >= 0.3 is 11.9 Å². The number of hydrogen-bond donors (Lipinski definition) is 6. The summed E-state index contributed by atoms with van der Waals surface area (Å²) in [7, 11) is 0. The second-order valence-corrected chi connectivity index (χ2v) is 7.02. The maximum atomic E-state index is 12.0. The fourth-order valence-corrected chi connectivity index (χ4v) is 3.15. The lowest BCUT2D eigenvalue weighted by Crippen LogP contribution is -2.56. The van der Waals surface area contributed by atoms with E-state index in [1.165, 1.54) is 12.1 Å². The van der Waals surface area contributed by atoms with Gasteiger partial charge in [0.05, 0.1) is 12.2 Å². The van der Waals surface area contributed by atoms with Crippen LogP contribution in [-0.4, -0.2) is 79.9 Å². The number of aliphatic hydroxyl groups excluding tert-OH is 3. The summed E-state index contributed by atoms with van der Waals surface area (Å²) in [6, 6.07) is 4.20. The highest BCUT2D eigenvalue weighted by atomic mass is 16.5. The van der Waals surface area contributed by atoms with Crippen molar-refractivity contribution < 1.29 is 44.7 Å². The molecule has 1 saturated heterocycles. The van der Waals surface area contributed by atoms with Crippen LogP contribution >= 0.6 is 0 Å². The predicted molar refractivity (Wildman–Crippen MR) is 98.3 cm³/mol. The van der Waals surface area contributed by atoms with Crippen LogP contribution in [0.5, 0.6) is 0 Å². The van der Waals surface area contributed by atoms with Crippen molar-refractivity contribution in [2.75, 3.05) is 0 Å². The molecule has 29 heavy (non-hydrogen) atoms. The number of hydrogen-bond acceptors (Lipinski definition) is 7. The van der Waals surface area contributed by atoms with Crippen molar-refractivity contribution in [3.8, 4) is 0 Å². The summed E-state index contributed by atoms with van der Waals surface area (Å²) in [5.74, 6) is -4.14. The minimum absolute atomic E-state index is 0.123. The Kier molecular flexibility index (Phi) is 7.68. The first-order valence-corrected chi connectivity index (χ1v) is 9.17. The Morgan fingerprint density at radius 1 is 1.00 bits per heavy atom. The van der Waals surface area contributed by atoms with Gasteiger partial charge in [-0.05, 0) is 43.9 Å². The monoisotopic (exact) mass is 411 g/mol. The third-order valence-electron chi connectivity index (χ3n) is 4.89. The van der Waals surface area contributed by atoms with Gasteiger partial charge < -0.3 is 35.6 Å². The average molecular weight is 411 g/mol. The maximum Gasteiger partial charge on any atom is 0.338 e. The van der Waals surface area contributed by atoms with Crippen LogP contribution in [-0.2, 0) is 20.7 Å². The number of carbonyl (C=O) groups is 3. The number of carboxylic acid groups (broad SMARTS) is 2. The van der Waals surface area contributed by atoms with E-state index in [0.717, 1.165) is 5.56 Å². The van der Waals surface area contributed by atoms with Gasteiger partial charge in [0.25, 0.3) is 5.91 Å². The standard InChI is InChI=1S/C19H25NO9/c1-9-14(21)16(23)15(22)12(29-9)4-2-3-10-5-7-11(8-6-10)17(24)20-13(18(25)26)19(27)28/h5-9,12-16,21-23H,2-4H2,1H3,(H,20,24)(H,25,26)(H,27,28). The minimum atomic E-state index is -2.03. The second-order valence-electron chi connectivity index (χ2n) is 7.02. The molecule has 0 radical (unpaired) electrons. The second kappa shape index (κ2) is 9.79. The third kappa shape index (κ3) is 5.73. The highest BCUT2D eigenvalue weighted by Gasteiger charge is 2.41.